The van der Waals surface area contributed by atoms with Crippen LogP contribution in [0.25, 0.3) is 0 Å². The Kier molecular flexibility index (Phi) is 7.21. The quantitative estimate of drug-likeness (QED) is 0.323. The lowest BCUT2D eigenvalue weighted by Gasteiger charge is -2.39. The molecule has 27 heavy (non-hydrogen) atoms. The standard InChI is InChI=1S/C22H31F3O2/c1-2-3-14-4-6-15(7-5-14)16-8-10-17(11-9-16)22(27-26)18-12-19(23)21(25)20(24)13-18/h12-17,22,26H,2-11H2,1H3. The van der Waals surface area contributed by atoms with Crippen LogP contribution in [0, 0.1) is 41.1 Å². The maximum atomic E-state index is 13.5. The van der Waals surface area contributed by atoms with E-state index in [2.05, 4.69) is 11.8 Å². The third-order valence-electron chi connectivity index (χ3n) is 6.95. The lowest BCUT2D eigenvalue weighted by molar-refractivity contribution is -0.296. The van der Waals surface area contributed by atoms with Gasteiger partial charge in [0.05, 0.1) is 0 Å². The predicted molar refractivity (Wildman–Crippen MR) is 98.6 cm³/mol. The largest absolute Gasteiger partial charge is 0.251 e. The fraction of sp³-hybridized carbons (Fsp3) is 0.727. The summed E-state index contributed by atoms with van der Waals surface area (Å²) < 4.78 is 40.3. The average Bonchev–Trinajstić information content (AvgIpc) is 2.68. The van der Waals surface area contributed by atoms with Crippen LogP contribution in [0.4, 0.5) is 13.2 Å². The maximum absolute atomic E-state index is 13.5. The average molecular weight is 384 g/mol. The van der Waals surface area contributed by atoms with E-state index < -0.39 is 23.6 Å². The van der Waals surface area contributed by atoms with Crippen molar-refractivity contribution in [3.8, 4) is 0 Å². The molecule has 0 radical (unpaired) electrons. The first-order chi connectivity index (χ1) is 13.0. The van der Waals surface area contributed by atoms with Gasteiger partial charge in [0.1, 0.15) is 6.10 Å². The molecule has 0 amide bonds. The third-order valence-corrected chi connectivity index (χ3v) is 6.95. The van der Waals surface area contributed by atoms with Gasteiger partial charge < -0.3 is 0 Å². The van der Waals surface area contributed by atoms with Gasteiger partial charge in [-0.2, -0.15) is 0 Å². The molecule has 2 aliphatic rings. The Morgan fingerprint density at radius 2 is 1.44 bits per heavy atom. The summed E-state index contributed by atoms with van der Waals surface area (Å²) >= 11 is 0. The monoisotopic (exact) mass is 384 g/mol. The van der Waals surface area contributed by atoms with Gasteiger partial charge in [0.25, 0.3) is 0 Å². The minimum Gasteiger partial charge on any atom is -0.251 e. The van der Waals surface area contributed by atoms with Gasteiger partial charge in [0.15, 0.2) is 17.5 Å². The Balaban J connectivity index is 1.56. The number of hydrogen-bond acceptors (Lipinski definition) is 2. The van der Waals surface area contributed by atoms with Gasteiger partial charge in [-0.25, -0.2) is 18.1 Å². The minimum absolute atomic E-state index is 0.00746. The summed E-state index contributed by atoms with van der Waals surface area (Å²) in [6.45, 7) is 2.26. The molecule has 2 fully saturated rings. The first kappa shape index (κ1) is 20.7. The lowest BCUT2D eigenvalue weighted by Crippen LogP contribution is -2.28. The number of hydrogen-bond donors (Lipinski definition) is 1. The van der Waals surface area contributed by atoms with Crippen molar-refractivity contribution in [2.45, 2.75) is 77.2 Å². The minimum atomic E-state index is -1.49. The van der Waals surface area contributed by atoms with E-state index in [1.54, 1.807) is 0 Å². The number of rotatable bonds is 6. The Labute approximate surface area is 160 Å². The molecule has 1 aromatic carbocycles. The molecule has 1 N–H and O–H groups in total. The molecule has 0 heterocycles. The molecule has 1 unspecified atom stereocenters. The van der Waals surface area contributed by atoms with Crippen LogP contribution in [-0.2, 0) is 4.89 Å². The molecule has 1 atom stereocenters. The molecule has 0 aromatic heterocycles. The summed E-state index contributed by atoms with van der Waals surface area (Å²) in [5.41, 5.74) is 0.164. The zero-order chi connectivity index (χ0) is 19.4. The van der Waals surface area contributed by atoms with Crippen molar-refractivity contribution in [2.75, 3.05) is 0 Å². The lowest BCUT2D eigenvalue weighted by atomic mass is 9.67. The molecule has 0 saturated heterocycles. The number of benzene rings is 1. The highest BCUT2D eigenvalue weighted by molar-refractivity contribution is 5.22. The van der Waals surface area contributed by atoms with Gasteiger partial charge in [0, 0.05) is 0 Å². The van der Waals surface area contributed by atoms with Crippen molar-refractivity contribution < 1.29 is 23.3 Å². The fourth-order valence-corrected chi connectivity index (χ4v) is 5.43. The first-order valence-electron chi connectivity index (χ1n) is 10.5. The van der Waals surface area contributed by atoms with Crippen LogP contribution in [0.15, 0.2) is 12.1 Å². The van der Waals surface area contributed by atoms with Crippen molar-refractivity contribution >= 4 is 0 Å². The van der Waals surface area contributed by atoms with E-state index in [4.69, 9.17) is 0 Å². The van der Waals surface area contributed by atoms with Crippen LogP contribution < -0.4 is 0 Å². The summed E-state index contributed by atoms with van der Waals surface area (Å²) in [6, 6.07) is 1.86. The molecular formula is C22H31F3O2. The molecule has 2 saturated carbocycles. The van der Waals surface area contributed by atoms with E-state index in [9.17, 15) is 18.4 Å². The van der Waals surface area contributed by atoms with Crippen molar-refractivity contribution in [1.82, 2.24) is 0 Å². The molecule has 152 valence electrons. The predicted octanol–water partition coefficient (Wildman–Crippen LogP) is 7.05. The van der Waals surface area contributed by atoms with Crippen molar-refractivity contribution in [3.63, 3.8) is 0 Å². The fourth-order valence-electron chi connectivity index (χ4n) is 5.43. The van der Waals surface area contributed by atoms with Gasteiger partial charge in [-0.15, -0.1) is 0 Å². The van der Waals surface area contributed by atoms with Crippen molar-refractivity contribution in [2.24, 2.45) is 23.7 Å². The first-order valence-corrected chi connectivity index (χ1v) is 10.5. The second kappa shape index (κ2) is 9.42. The summed E-state index contributed by atoms with van der Waals surface area (Å²) in [7, 11) is 0. The number of halogens is 3. The van der Waals surface area contributed by atoms with E-state index in [1.165, 1.54) is 38.5 Å². The summed E-state index contributed by atoms with van der Waals surface area (Å²) in [5.74, 6) is -1.60. The SMILES string of the molecule is CCCC1CCC(C2CCC(C(OO)c3cc(F)c(F)c(F)c3)CC2)CC1. The van der Waals surface area contributed by atoms with Gasteiger partial charge in [-0.3, -0.25) is 5.26 Å². The third kappa shape index (κ3) is 4.86. The van der Waals surface area contributed by atoms with Crippen molar-refractivity contribution in [1.29, 1.82) is 0 Å². The normalized spacial score (nSPS) is 30.3. The van der Waals surface area contributed by atoms with E-state index in [0.717, 1.165) is 49.7 Å². The highest BCUT2D eigenvalue weighted by atomic mass is 19.2. The molecule has 2 aliphatic carbocycles. The van der Waals surface area contributed by atoms with Crippen molar-refractivity contribution in [3.05, 3.63) is 35.1 Å². The summed E-state index contributed by atoms with van der Waals surface area (Å²) in [6.07, 6.45) is 10.9. The van der Waals surface area contributed by atoms with Crippen LogP contribution in [0.2, 0.25) is 0 Å². The van der Waals surface area contributed by atoms with Gasteiger partial charge >= 0.3 is 0 Å². The Hall–Kier alpha value is -1.07. The Morgan fingerprint density at radius 3 is 1.93 bits per heavy atom. The molecule has 0 spiro atoms. The zero-order valence-corrected chi connectivity index (χ0v) is 16.1. The zero-order valence-electron chi connectivity index (χ0n) is 16.1. The Bertz CT molecular complexity index is 583. The molecule has 5 heteroatoms. The molecule has 2 nitrogen and oxygen atoms in total. The summed E-state index contributed by atoms with van der Waals surface area (Å²) in [5, 5.41) is 9.34. The topological polar surface area (TPSA) is 29.5 Å². The summed E-state index contributed by atoms with van der Waals surface area (Å²) in [4.78, 5) is 4.59. The second-order valence-corrected chi connectivity index (χ2v) is 8.57. The van der Waals surface area contributed by atoms with Gasteiger partial charge in [-0.1, -0.05) is 32.6 Å². The molecule has 3 rings (SSSR count). The smallest absolute Gasteiger partial charge is 0.194 e. The van der Waals surface area contributed by atoms with Crippen LogP contribution in [0.5, 0.6) is 0 Å². The van der Waals surface area contributed by atoms with E-state index >= 15 is 0 Å². The molecule has 1 aromatic rings. The van der Waals surface area contributed by atoms with Crippen LogP contribution in [-0.4, -0.2) is 5.26 Å². The van der Waals surface area contributed by atoms with Gasteiger partial charge in [-0.05, 0) is 79.9 Å². The highest BCUT2D eigenvalue weighted by Gasteiger charge is 2.35. The maximum Gasteiger partial charge on any atom is 0.194 e. The molecule has 0 bridgehead atoms. The Morgan fingerprint density at radius 1 is 0.926 bits per heavy atom. The van der Waals surface area contributed by atoms with E-state index in [-0.39, 0.29) is 11.5 Å². The van der Waals surface area contributed by atoms with Crippen LogP contribution in [0.1, 0.15) is 82.8 Å². The molecule has 0 aliphatic heterocycles. The van der Waals surface area contributed by atoms with E-state index in [0.29, 0.717) is 5.92 Å². The highest BCUT2D eigenvalue weighted by Crippen LogP contribution is 2.45. The van der Waals surface area contributed by atoms with Gasteiger partial charge in [0.2, 0.25) is 0 Å². The van der Waals surface area contributed by atoms with Crippen LogP contribution in [0.3, 0.4) is 0 Å². The second-order valence-electron chi connectivity index (χ2n) is 8.57. The molecular weight excluding hydrogens is 353 g/mol. The van der Waals surface area contributed by atoms with E-state index in [1.807, 2.05) is 0 Å². The van der Waals surface area contributed by atoms with Crippen LogP contribution >= 0.6 is 0 Å².